The number of nitrogens with zero attached hydrogens (tertiary/aromatic N) is 4. The van der Waals surface area contributed by atoms with Crippen LogP contribution in [0.1, 0.15) is 15.9 Å². The van der Waals surface area contributed by atoms with Gasteiger partial charge in [0.15, 0.2) is 15.0 Å². The third kappa shape index (κ3) is 6.53. The number of rotatable bonds is 10. The Hall–Kier alpha value is -3.16. The zero-order chi connectivity index (χ0) is 28.4. The van der Waals surface area contributed by atoms with Gasteiger partial charge >= 0.3 is 0 Å². The number of hydrogen-bond donors (Lipinski definition) is 0. The van der Waals surface area contributed by atoms with E-state index in [1.54, 1.807) is 12.1 Å². The van der Waals surface area contributed by atoms with Crippen LogP contribution in [0.2, 0.25) is 0 Å². The molecule has 3 aromatic carbocycles. The van der Waals surface area contributed by atoms with Crippen molar-refractivity contribution in [1.82, 2.24) is 14.2 Å². The second kappa shape index (κ2) is 11.5. The molecule has 1 amide bonds. The van der Waals surface area contributed by atoms with E-state index in [-0.39, 0.29) is 22.2 Å². The maximum Gasteiger partial charge on any atom is 0.260 e. The number of hydrogen-bond acceptors (Lipinski definition) is 8. The lowest BCUT2D eigenvalue weighted by atomic mass is 10.2. The number of fused-ring (bicyclic) bond motifs is 1. The van der Waals surface area contributed by atoms with Crippen molar-refractivity contribution in [2.45, 2.75) is 16.3 Å². The van der Waals surface area contributed by atoms with Crippen molar-refractivity contribution in [3.63, 3.8) is 0 Å². The Kier molecular flexibility index (Phi) is 8.52. The Morgan fingerprint density at radius 1 is 0.846 bits per heavy atom. The molecule has 0 radical (unpaired) electrons. The monoisotopic (exact) mass is 586 g/mol. The maximum absolute atomic E-state index is 13.6. The van der Waals surface area contributed by atoms with Crippen molar-refractivity contribution >= 4 is 52.5 Å². The second-order valence-electron chi connectivity index (χ2n) is 9.40. The minimum absolute atomic E-state index is 0.0788. The summed E-state index contributed by atoms with van der Waals surface area (Å²) >= 11 is 1.23. The first-order valence-electron chi connectivity index (χ1n) is 12.0. The highest BCUT2D eigenvalue weighted by Gasteiger charge is 2.25. The highest BCUT2D eigenvalue weighted by atomic mass is 32.2. The van der Waals surface area contributed by atoms with Gasteiger partial charge in [0.25, 0.3) is 5.91 Å². The molecular formula is C27H30N4O5S3. The molecule has 0 aliphatic rings. The Balaban J connectivity index is 1.64. The first-order chi connectivity index (χ1) is 18.4. The largest absolute Gasteiger partial charge is 0.308 e. The van der Waals surface area contributed by atoms with Gasteiger partial charge in [-0.2, -0.15) is 4.31 Å². The van der Waals surface area contributed by atoms with Gasteiger partial charge in [-0.05, 0) is 56.1 Å². The Morgan fingerprint density at radius 2 is 1.51 bits per heavy atom. The smallest absolute Gasteiger partial charge is 0.260 e. The number of carbonyl (C=O) groups is 1. The summed E-state index contributed by atoms with van der Waals surface area (Å²) in [5, 5.41) is 0.368. The van der Waals surface area contributed by atoms with Crippen molar-refractivity contribution in [1.29, 1.82) is 0 Å². The van der Waals surface area contributed by atoms with E-state index in [2.05, 4.69) is 4.98 Å². The third-order valence-electron chi connectivity index (χ3n) is 6.07. The van der Waals surface area contributed by atoms with Crippen LogP contribution >= 0.6 is 11.3 Å². The lowest BCUT2D eigenvalue weighted by molar-refractivity contribution is 0.0985. The molecule has 0 saturated heterocycles. The van der Waals surface area contributed by atoms with E-state index in [4.69, 9.17) is 0 Å². The van der Waals surface area contributed by atoms with Crippen LogP contribution in [0.3, 0.4) is 0 Å². The second-order valence-corrected chi connectivity index (χ2v) is 14.4. The van der Waals surface area contributed by atoms with E-state index < -0.39 is 19.9 Å². The van der Waals surface area contributed by atoms with Crippen molar-refractivity contribution < 1.29 is 21.6 Å². The van der Waals surface area contributed by atoms with Gasteiger partial charge in [0, 0.05) is 38.5 Å². The van der Waals surface area contributed by atoms with E-state index in [9.17, 15) is 21.6 Å². The number of likely N-dealkylation sites (N-methyl/N-ethyl adjacent to an activating group) is 1. The number of thiazole rings is 1. The van der Waals surface area contributed by atoms with Crippen molar-refractivity contribution in [2.24, 2.45) is 0 Å². The summed E-state index contributed by atoms with van der Waals surface area (Å²) in [6, 6.07) is 20.0. The number of sulfonamides is 1. The minimum Gasteiger partial charge on any atom is -0.308 e. The van der Waals surface area contributed by atoms with Crippen LogP contribution in [0.25, 0.3) is 10.2 Å². The van der Waals surface area contributed by atoms with Crippen LogP contribution in [-0.4, -0.2) is 77.4 Å². The average molecular weight is 587 g/mol. The van der Waals surface area contributed by atoms with Crippen LogP contribution < -0.4 is 4.90 Å². The van der Waals surface area contributed by atoms with Crippen LogP contribution in [0.4, 0.5) is 5.13 Å². The molecule has 0 aliphatic carbocycles. The Morgan fingerprint density at radius 3 is 2.13 bits per heavy atom. The van der Waals surface area contributed by atoms with Gasteiger partial charge in [-0.1, -0.05) is 47.7 Å². The molecule has 0 aliphatic heterocycles. The van der Waals surface area contributed by atoms with E-state index in [0.717, 1.165) is 11.8 Å². The fraction of sp³-hybridized carbons (Fsp3) is 0.259. The zero-order valence-corrected chi connectivity index (χ0v) is 24.6. The molecular weight excluding hydrogens is 557 g/mol. The van der Waals surface area contributed by atoms with Gasteiger partial charge in [0.2, 0.25) is 10.0 Å². The summed E-state index contributed by atoms with van der Waals surface area (Å²) in [6.07, 6.45) is 1.13. The average Bonchev–Trinajstić information content (AvgIpc) is 3.32. The van der Waals surface area contributed by atoms with Gasteiger partial charge in [0.1, 0.15) is 5.52 Å². The standard InChI is InChI=1S/C27H30N4O5S3/c1-29(2)17-18-31(27-28-25-23(37-27)11-8-12-24(25)38(4,33)34)26(32)21-13-15-22(16-14-21)39(35,36)30(3)19-20-9-6-5-7-10-20/h5-16H,17-19H2,1-4H3. The van der Waals surface area contributed by atoms with Gasteiger partial charge in [0.05, 0.1) is 14.5 Å². The number of anilines is 1. The quantitative estimate of drug-likeness (QED) is 0.279. The highest BCUT2D eigenvalue weighted by molar-refractivity contribution is 7.91. The Bertz CT molecular complexity index is 1680. The SMILES string of the molecule is CN(C)CCN(C(=O)c1ccc(S(=O)(=O)N(C)Cc2ccccc2)cc1)c1nc2c(S(C)(=O)=O)cccc2s1. The first-order valence-corrected chi connectivity index (χ1v) is 16.2. The first kappa shape index (κ1) is 28.8. The molecule has 0 saturated carbocycles. The summed E-state index contributed by atoms with van der Waals surface area (Å²) in [6.45, 7) is 1.06. The third-order valence-corrected chi connectivity index (χ3v) is 10.1. The predicted molar refractivity (Wildman–Crippen MR) is 154 cm³/mol. The zero-order valence-electron chi connectivity index (χ0n) is 22.1. The normalized spacial score (nSPS) is 12.4. The summed E-state index contributed by atoms with van der Waals surface area (Å²) < 4.78 is 52.7. The van der Waals surface area contributed by atoms with Gasteiger partial charge in [-0.3, -0.25) is 9.69 Å². The molecule has 1 heterocycles. The van der Waals surface area contributed by atoms with Crippen LogP contribution in [0.15, 0.2) is 82.6 Å². The van der Waals surface area contributed by atoms with Crippen molar-refractivity contribution in [2.75, 3.05) is 45.4 Å². The maximum atomic E-state index is 13.6. The molecule has 0 spiro atoms. The minimum atomic E-state index is -3.78. The van der Waals surface area contributed by atoms with Gasteiger partial charge < -0.3 is 4.90 Å². The van der Waals surface area contributed by atoms with Gasteiger partial charge in [-0.15, -0.1) is 0 Å². The molecule has 0 unspecified atom stereocenters. The molecule has 206 valence electrons. The topological polar surface area (TPSA) is 108 Å². The molecule has 39 heavy (non-hydrogen) atoms. The Labute approximate surface area is 233 Å². The molecule has 0 fully saturated rings. The van der Waals surface area contributed by atoms with E-state index in [1.165, 1.54) is 57.9 Å². The fourth-order valence-corrected chi connectivity index (χ4v) is 7.01. The van der Waals surface area contributed by atoms with Crippen molar-refractivity contribution in [3.05, 3.63) is 83.9 Å². The number of para-hydroxylation sites is 1. The molecule has 9 nitrogen and oxygen atoms in total. The highest BCUT2D eigenvalue weighted by Crippen LogP contribution is 2.33. The number of benzene rings is 3. The van der Waals surface area contributed by atoms with E-state index in [0.29, 0.717) is 34.0 Å². The lowest BCUT2D eigenvalue weighted by Gasteiger charge is -2.22. The molecule has 4 rings (SSSR count). The lowest BCUT2D eigenvalue weighted by Crippen LogP contribution is -2.36. The van der Waals surface area contributed by atoms with E-state index >= 15 is 0 Å². The van der Waals surface area contributed by atoms with Crippen LogP contribution in [0, 0.1) is 0 Å². The predicted octanol–water partition coefficient (Wildman–Crippen LogP) is 3.73. The molecule has 0 atom stereocenters. The fourth-order valence-electron chi connectivity index (χ4n) is 3.94. The summed E-state index contributed by atoms with van der Waals surface area (Å²) in [5.41, 5.74) is 1.48. The molecule has 12 heteroatoms. The molecule has 4 aromatic rings. The summed E-state index contributed by atoms with van der Waals surface area (Å²) in [5.74, 6) is -0.363. The number of aromatic nitrogens is 1. The molecule has 0 bridgehead atoms. The van der Waals surface area contributed by atoms with E-state index in [1.807, 2.05) is 49.3 Å². The van der Waals surface area contributed by atoms with Crippen molar-refractivity contribution in [3.8, 4) is 0 Å². The number of sulfone groups is 1. The number of amides is 1. The summed E-state index contributed by atoms with van der Waals surface area (Å²) in [4.78, 5) is 21.8. The number of carbonyl (C=O) groups excluding carboxylic acids is 1. The van der Waals surface area contributed by atoms with Crippen LogP contribution in [0.5, 0.6) is 0 Å². The summed E-state index contributed by atoms with van der Waals surface area (Å²) in [7, 11) is -2.01. The molecule has 1 aromatic heterocycles. The van der Waals surface area contributed by atoms with Gasteiger partial charge in [-0.25, -0.2) is 21.8 Å². The van der Waals surface area contributed by atoms with Crippen LogP contribution in [-0.2, 0) is 26.4 Å². The molecule has 0 N–H and O–H groups in total.